The molecule has 0 radical (unpaired) electrons. The Balaban J connectivity index is 1.43. The Hall–Kier alpha value is -2.95. The minimum Gasteiger partial charge on any atom is -0.477 e. The Labute approximate surface area is 205 Å². The molecule has 1 fully saturated rings. The normalized spacial score (nSPS) is 20.5. The van der Waals surface area contributed by atoms with Crippen LogP contribution in [0.1, 0.15) is 17.3 Å². The van der Waals surface area contributed by atoms with Gasteiger partial charge < -0.3 is 21.9 Å². The minimum absolute atomic E-state index is 0.0603. The summed E-state index contributed by atoms with van der Waals surface area (Å²) in [5.74, 6) is -2.16. The molecule has 2 unspecified atom stereocenters. The molecule has 6 N–H and O–H groups in total. The summed E-state index contributed by atoms with van der Waals surface area (Å²) >= 11 is 3.89. The van der Waals surface area contributed by atoms with Crippen molar-refractivity contribution in [2.75, 3.05) is 11.5 Å². The first-order valence-electron chi connectivity index (χ1n) is 9.94. The molecule has 0 saturated carbocycles. The van der Waals surface area contributed by atoms with Crippen LogP contribution in [0.3, 0.4) is 0 Å². The molecule has 0 spiro atoms. The molecular weight excluding hydrogens is 504 g/mol. The van der Waals surface area contributed by atoms with Gasteiger partial charge in [-0.2, -0.15) is 0 Å². The van der Waals surface area contributed by atoms with Gasteiger partial charge >= 0.3 is 5.97 Å². The first-order valence-corrected chi connectivity index (χ1v) is 12.9. The lowest BCUT2D eigenvalue weighted by molar-refractivity contribution is -0.150. The van der Waals surface area contributed by atoms with Gasteiger partial charge in [-0.05, 0) is 27.4 Å². The second-order valence-corrected chi connectivity index (χ2v) is 10.4. The summed E-state index contributed by atoms with van der Waals surface area (Å²) in [6, 6.07) is 1.75. The number of hydrogen-bond acceptors (Lipinski definition) is 11. The van der Waals surface area contributed by atoms with Gasteiger partial charge in [0.05, 0.1) is 6.54 Å². The largest absolute Gasteiger partial charge is 0.477 e. The molecule has 0 aliphatic carbocycles. The van der Waals surface area contributed by atoms with Gasteiger partial charge in [0.2, 0.25) is 17.0 Å². The molecule has 3 amide bonds. The molecule has 2 aromatic rings. The fourth-order valence-corrected chi connectivity index (χ4v) is 6.56. The van der Waals surface area contributed by atoms with Gasteiger partial charge in [0.15, 0.2) is 0 Å². The van der Waals surface area contributed by atoms with Crippen LogP contribution in [-0.2, 0) is 25.7 Å². The quantitative estimate of drug-likeness (QED) is 0.223. The third-order valence-electron chi connectivity index (χ3n) is 5.12. The number of fused-ring (bicyclic) bond motifs is 1. The van der Waals surface area contributed by atoms with E-state index in [1.807, 2.05) is 0 Å². The number of rotatable bonds is 10. The third kappa shape index (κ3) is 4.79. The second kappa shape index (κ2) is 10.1. The van der Waals surface area contributed by atoms with E-state index in [2.05, 4.69) is 20.8 Å². The van der Waals surface area contributed by atoms with Crippen molar-refractivity contribution in [3.05, 3.63) is 33.7 Å². The average molecular weight is 525 g/mol. The summed E-state index contributed by atoms with van der Waals surface area (Å²) in [4.78, 5) is 50.2. The molecule has 16 heteroatoms. The first-order chi connectivity index (χ1) is 16.3. The number of thioether (sulfide) groups is 2. The van der Waals surface area contributed by atoms with Crippen LogP contribution in [-0.4, -0.2) is 76.8 Å². The lowest BCUT2D eigenvalue weighted by Gasteiger charge is -2.49. The number of thiophene rings is 1. The van der Waals surface area contributed by atoms with E-state index in [1.165, 1.54) is 44.4 Å². The number of aromatic nitrogens is 4. The fourth-order valence-electron chi connectivity index (χ4n) is 3.44. The predicted molar refractivity (Wildman–Crippen MR) is 123 cm³/mol. The molecule has 2 aliphatic rings. The van der Waals surface area contributed by atoms with E-state index >= 15 is 0 Å². The Morgan fingerprint density at radius 3 is 2.85 bits per heavy atom. The summed E-state index contributed by atoms with van der Waals surface area (Å²) in [5, 5.41) is 25.4. The van der Waals surface area contributed by atoms with E-state index in [1.54, 1.807) is 17.5 Å². The zero-order valence-electron chi connectivity index (χ0n) is 17.5. The first kappa shape index (κ1) is 24.2. The smallest absolute Gasteiger partial charge is 0.352 e. The number of aliphatic carboxylic acids is 1. The van der Waals surface area contributed by atoms with Gasteiger partial charge in [0.25, 0.3) is 5.91 Å². The monoisotopic (exact) mass is 524 g/mol. The highest BCUT2D eigenvalue weighted by molar-refractivity contribution is 8.01. The average Bonchev–Trinajstić information content (AvgIpc) is 3.50. The van der Waals surface area contributed by atoms with Crippen molar-refractivity contribution in [1.29, 1.82) is 0 Å². The maximum atomic E-state index is 12.8. The molecule has 4 rings (SSSR count). The van der Waals surface area contributed by atoms with Crippen molar-refractivity contribution in [1.82, 2.24) is 30.4 Å². The van der Waals surface area contributed by atoms with Gasteiger partial charge in [-0.15, -0.1) is 28.2 Å². The van der Waals surface area contributed by atoms with Crippen LogP contribution in [0, 0.1) is 0 Å². The lowest BCUT2D eigenvalue weighted by Crippen LogP contribution is -2.71. The summed E-state index contributed by atoms with van der Waals surface area (Å²) in [6.45, 7) is 0.200. The number of nitrogens with two attached hydrogens (primary N) is 2. The molecule has 3 atom stereocenters. The lowest BCUT2D eigenvalue weighted by atomic mass is 10.0. The Morgan fingerprint density at radius 1 is 1.38 bits per heavy atom. The van der Waals surface area contributed by atoms with Crippen molar-refractivity contribution in [3.8, 4) is 0 Å². The Morgan fingerprint density at radius 2 is 2.18 bits per heavy atom. The molecule has 0 aromatic carbocycles. The number of carboxylic acids is 1. The SMILES string of the molecule is NC(=O)CCn1nnnc1SCC1=C(C(=O)O)N2C(=O)C(NC(=O)C(N)c3cccs3)[C@H]2SC1. The van der Waals surface area contributed by atoms with Crippen LogP contribution in [0.25, 0.3) is 0 Å². The number of amides is 3. The van der Waals surface area contributed by atoms with E-state index in [0.717, 1.165) is 0 Å². The number of hydrogen-bond donors (Lipinski definition) is 4. The third-order valence-corrected chi connectivity index (χ3v) is 8.46. The summed E-state index contributed by atoms with van der Waals surface area (Å²) in [5.41, 5.74) is 11.6. The van der Waals surface area contributed by atoms with Crippen molar-refractivity contribution < 1.29 is 24.3 Å². The maximum absolute atomic E-state index is 12.8. The second-order valence-electron chi connectivity index (χ2n) is 7.34. The highest BCUT2D eigenvalue weighted by Gasteiger charge is 2.54. The summed E-state index contributed by atoms with van der Waals surface area (Å²) in [7, 11) is 0. The zero-order valence-corrected chi connectivity index (χ0v) is 19.9. The van der Waals surface area contributed by atoms with Crippen molar-refractivity contribution >= 4 is 58.6 Å². The van der Waals surface area contributed by atoms with Crippen LogP contribution >= 0.6 is 34.9 Å². The minimum atomic E-state index is -1.23. The molecule has 180 valence electrons. The maximum Gasteiger partial charge on any atom is 0.352 e. The van der Waals surface area contributed by atoms with Crippen LogP contribution < -0.4 is 16.8 Å². The molecule has 34 heavy (non-hydrogen) atoms. The van der Waals surface area contributed by atoms with Crippen LogP contribution in [0.2, 0.25) is 0 Å². The van der Waals surface area contributed by atoms with E-state index < -0.39 is 41.1 Å². The van der Waals surface area contributed by atoms with Crippen molar-refractivity contribution in [2.45, 2.75) is 35.6 Å². The molecular formula is C18H20N8O5S3. The Kier molecular flexibility index (Phi) is 7.20. The number of β-lactam (4-membered cyclic amide) rings is 1. The van der Waals surface area contributed by atoms with Crippen LogP contribution in [0.5, 0.6) is 0 Å². The van der Waals surface area contributed by atoms with Gasteiger partial charge in [-0.3, -0.25) is 19.3 Å². The molecule has 13 nitrogen and oxygen atoms in total. The summed E-state index contributed by atoms with van der Waals surface area (Å²) < 4.78 is 1.41. The number of nitrogens with one attached hydrogen (secondary N) is 1. The van der Waals surface area contributed by atoms with E-state index in [-0.39, 0.29) is 24.4 Å². The van der Waals surface area contributed by atoms with Crippen LogP contribution in [0.4, 0.5) is 0 Å². The predicted octanol–water partition coefficient (Wildman–Crippen LogP) is -0.859. The fraction of sp³-hybridized carbons (Fsp3) is 0.389. The summed E-state index contributed by atoms with van der Waals surface area (Å²) in [6.07, 6.45) is 0.0603. The number of aryl methyl sites for hydroxylation is 1. The van der Waals surface area contributed by atoms with Gasteiger partial charge in [0.1, 0.15) is 23.2 Å². The number of nitrogens with zero attached hydrogens (tertiary/aromatic N) is 5. The number of primary amides is 1. The number of tetrazole rings is 1. The van der Waals surface area contributed by atoms with E-state index in [4.69, 9.17) is 11.5 Å². The van der Waals surface area contributed by atoms with E-state index in [0.29, 0.717) is 21.4 Å². The molecule has 2 aromatic heterocycles. The molecule has 1 saturated heterocycles. The highest BCUT2D eigenvalue weighted by Crippen LogP contribution is 2.41. The molecule has 4 heterocycles. The van der Waals surface area contributed by atoms with Gasteiger partial charge in [0, 0.05) is 22.8 Å². The molecule has 2 aliphatic heterocycles. The van der Waals surface area contributed by atoms with Crippen LogP contribution in [0.15, 0.2) is 33.9 Å². The van der Waals surface area contributed by atoms with Gasteiger partial charge in [-0.25, -0.2) is 9.48 Å². The van der Waals surface area contributed by atoms with Crippen molar-refractivity contribution in [2.24, 2.45) is 11.5 Å². The number of carbonyl (C=O) groups is 4. The number of carboxylic acid groups (broad SMARTS) is 1. The van der Waals surface area contributed by atoms with Crippen molar-refractivity contribution in [3.63, 3.8) is 0 Å². The zero-order chi connectivity index (χ0) is 24.4. The number of carbonyl (C=O) groups excluding carboxylic acids is 3. The van der Waals surface area contributed by atoms with E-state index in [9.17, 15) is 24.3 Å². The highest BCUT2D eigenvalue weighted by atomic mass is 32.2. The Bertz CT molecular complexity index is 1150. The standard InChI is InChI=1S/C18H20N8O5S3/c19-10(27)3-4-25-18(22-23-24-25)34-7-8-6-33-16-12(15(29)26(16)13(8)17(30)31)21-14(28)11(20)9-2-1-5-32-9/h1-2,5,11-12,16H,3-4,6-7,20H2,(H2,19,27)(H,21,28)(H,30,31)/t11?,12?,16-/m1/s1. The topological polar surface area (TPSA) is 199 Å². The van der Waals surface area contributed by atoms with Gasteiger partial charge in [-0.1, -0.05) is 17.8 Å². The molecule has 0 bridgehead atoms.